The van der Waals surface area contributed by atoms with Gasteiger partial charge in [-0.15, -0.1) is 0 Å². The van der Waals surface area contributed by atoms with Gasteiger partial charge in [-0.1, -0.05) is 148 Å². The zero-order chi connectivity index (χ0) is 24.5. The lowest BCUT2D eigenvalue weighted by Gasteiger charge is -2.12. The molecule has 0 radical (unpaired) electrons. The Bertz CT molecular complexity index is 516. The Balaban J connectivity index is 3.68. The van der Waals surface area contributed by atoms with Crippen LogP contribution in [-0.2, 0) is 14.6 Å². The van der Waals surface area contributed by atoms with Gasteiger partial charge in [0.1, 0.15) is 0 Å². The summed E-state index contributed by atoms with van der Waals surface area (Å²) in [6.45, 7) is 4.52. The van der Waals surface area contributed by atoms with Crippen molar-refractivity contribution in [1.29, 1.82) is 0 Å². The molecule has 0 spiro atoms. The summed E-state index contributed by atoms with van der Waals surface area (Å²) in [5.41, 5.74) is 0. The van der Waals surface area contributed by atoms with Crippen LogP contribution in [0.2, 0.25) is 0 Å². The Morgan fingerprint density at radius 1 is 0.636 bits per heavy atom. The number of allylic oxidation sites excluding steroid dienone is 1. The van der Waals surface area contributed by atoms with E-state index in [1.807, 2.05) is 0 Å². The maximum atomic E-state index is 10.9. The first kappa shape index (κ1) is 32.6. The van der Waals surface area contributed by atoms with Crippen LogP contribution in [0, 0.1) is 5.92 Å². The topological polar surface area (TPSA) is 63.6 Å². The molecule has 0 heterocycles. The minimum absolute atomic E-state index is 0.0447. The normalized spacial score (nSPS) is 13.2. The molecule has 0 aromatic rings. The van der Waals surface area contributed by atoms with E-state index in [-0.39, 0.29) is 12.5 Å². The van der Waals surface area contributed by atoms with Crippen LogP contribution in [0.15, 0.2) is 12.2 Å². The molecule has 4 nitrogen and oxygen atoms in total. The highest BCUT2D eigenvalue weighted by Crippen LogP contribution is 2.17. The van der Waals surface area contributed by atoms with Gasteiger partial charge in [-0.05, 0) is 19.3 Å². The minimum atomic E-state index is -4.36. The van der Waals surface area contributed by atoms with Crippen LogP contribution in [0.1, 0.15) is 155 Å². The fourth-order valence-corrected chi connectivity index (χ4v) is 4.69. The van der Waals surface area contributed by atoms with Crippen LogP contribution in [0.3, 0.4) is 0 Å². The van der Waals surface area contributed by atoms with Gasteiger partial charge in [0, 0.05) is 5.92 Å². The van der Waals surface area contributed by atoms with Crippen molar-refractivity contribution >= 4 is 10.4 Å². The summed E-state index contributed by atoms with van der Waals surface area (Å²) < 4.78 is 35.3. The second-order valence-electron chi connectivity index (χ2n) is 9.84. The van der Waals surface area contributed by atoms with E-state index >= 15 is 0 Å². The highest BCUT2D eigenvalue weighted by Gasteiger charge is 2.11. The summed E-state index contributed by atoms with van der Waals surface area (Å²) >= 11 is 0. The average Bonchev–Trinajstić information content (AvgIpc) is 2.78. The van der Waals surface area contributed by atoms with Gasteiger partial charge in [-0.2, -0.15) is 8.42 Å². The molecule has 5 heteroatoms. The van der Waals surface area contributed by atoms with Gasteiger partial charge in [0.25, 0.3) is 0 Å². The Hall–Kier alpha value is -0.390. The first-order valence-electron chi connectivity index (χ1n) is 14.3. The second kappa shape index (κ2) is 24.7. The first-order valence-corrected chi connectivity index (χ1v) is 15.6. The Morgan fingerprint density at radius 3 is 1.45 bits per heavy atom. The number of rotatable bonds is 26. The predicted molar refractivity (Wildman–Crippen MR) is 143 cm³/mol. The van der Waals surface area contributed by atoms with Crippen molar-refractivity contribution in [2.45, 2.75) is 155 Å². The molecule has 0 aliphatic rings. The summed E-state index contributed by atoms with van der Waals surface area (Å²) in [6, 6.07) is 0. The second-order valence-corrected chi connectivity index (χ2v) is 10.9. The lowest BCUT2D eigenvalue weighted by molar-refractivity contribution is 0.234. The van der Waals surface area contributed by atoms with Gasteiger partial charge in [0.2, 0.25) is 0 Å². The van der Waals surface area contributed by atoms with Crippen molar-refractivity contribution in [2.24, 2.45) is 5.92 Å². The molecule has 198 valence electrons. The quantitative estimate of drug-likeness (QED) is 0.0747. The zero-order valence-corrected chi connectivity index (χ0v) is 22.9. The van der Waals surface area contributed by atoms with E-state index in [1.165, 1.54) is 122 Å². The summed E-state index contributed by atoms with van der Waals surface area (Å²) in [5, 5.41) is 0. The molecule has 0 aromatic heterocycles. The molecule has 0 fully saturated rings. The molecule has 1 N–H and O–H groups in total. The van der Waals surface area contributed by atoms with Gasteiger partial charge in [-0.25, -0.2) is 4.18 Å². The fourth-order valence-electron chi connectivity index (χ4n) is 4.34. The van der Waals surface area contributed by atoms with E-state index in [0.29, 0.717) is 0 Å². The number of hydrogen-bond acceptors (Lipinski definition) is 3. The van der Waals surface area contributed by atoms with Crippen molar-refractivity contribution < 1.29 is 17.2 Å². The lowest BCUT2D eigenvalue weighted by atomic mass is 9.99. The van der Waals surface area contributed by atoms with Gasteiger partial charge in [0.15, 0.2) is 0 Å². The maximum absolute atomic E-state index is 10.9. The lowest BCUT2D eigenvalue weighted by Crippen LogP contribution is -2.12. The molecule has 0 saturated heterocycles. The van der Waals surface area contributed by atoms with Crippen molar-refractivity contribution in [2.75, 3.05) is 6.61 Å². The van der Waals surface area contributed by atoms with Crippen molar-refractivity contribution in [3.05, 3.63) is 12.2 Å². The van der Waals surface area contributed by atoms with Crippen molar-refractivity contribution in [3.63, 3.8) is 0 Å². The van der Waals surface area contributed by atoms with E-state index < -0.39 is 10.4 Å². The molecule has 0 bridgehead atoms. The minimum Gasteiger partial charge on any atom is -0.264 e. The third-order valence-corrected chi connectivity index (χ3v) is 6.93. The maximum Gasteiger partial charge on any atom is 0.397 e. The third kappa shape index (κ3) is 27.7. The van der Waals surface area contributed by atoms with Crippen LogP contribution >= 0.6 is 0 Å². The predicted octanol–water partition coefficient (Wildman–Crippen LogP) is 9.60. The van der Waals surface area contributed by atoms with Gasteiger partial charge in [0.05, 0.1) is 6.61 Å². The average molecular weight is 489 g/mol. The molecule has 33 heavy (non-hydrogen) atoms. The molecule has 0 saturated carbocycles. The third-order valence-electron chi connectivity index (χ3n) is 6.49. The van der Waals surface area contributed by atoms with Crippen molar-refractivity contribution in [3.8, 4) is 0 Å². The molecule has 0 aliphatic heterocycles. The SMILES string of the molecule is CCCCCC/C=C/C(CCCCCCCCCCCCCCCCCC)COS(=O)(=O)O. The van der Waals surface area contributed by atoms with E-state index in [4.69, 9.17) is 4.55 Å². The van der Waals surface area contributed by atoms with Crippen LogP contribution in [-0.4, -0.2) is 19.6 Å². The highest BCUT2D eigenvalue weighted by molar-refractivity contribution is 7.80. The van der Waals surface area contributed by atoms with Crippen LogP contribution in [0.25, 0.3) is 0 Å². The molecule has 0 aromatic carbocycles. The standard InChI is InChI=1S/C28H56O4S/c1-3-5-7-9-11-12-13-14-15-16-17-18-19-20-22-24-26-28(27-32-33(29,30)31)25-23-21-10-8-6-4-2/h23,25,28H,3-22,24,26-27H2,1-2H3,(H,29,30,31)/b25-23+. The molecule has 1 atom stereocenters. The number of hydrogen-bond donors (Lipinski definition) is 1. The summed E-state index contributed by atoms with van der Waals surface area (Å²) in [4.78, 5) is 0. The summed E-state index contributed by atoms with van der Waals surface area (Å²) in [7, 11) is -4.36. The molecular weight excluding hydrogens is 432 g/mol. The Morgan fingerprint density at radius 2 is 1.03 bits per heavy atom. The van der Waals surface area contributed by atoms with E-state index in [9.17, 15) is 8.42 Å². The highest BCUT2D eigenvalue weighted by atomic mass is 32.3. The van der Waals surface area contributed by atoms with Crippen LogP contribution in [0.5, 0.6) is 0 Å². The fraction of sp³-hybridized carbons (Fsp3) is 0.929. The van der Waals surface area contributed by atoms with Crippen LogP contribution in [0.4, 0.5) is 0 Å². The number of unbranched alkanes of at least 4 members (excludes halogenated alkanes) is 19. The Kier molecular flexibility index (Phi) is 24.4. The van der Waals surface area contributed by atoms with Crippen molar-refractivity contribution in [1.82, 2.24) is 0 Å². The van der Waals surface area contributed by atoms with E-state index in [0.717, 1.165) is 19.3 Å². The monoisotopic (exact) mass is 488 g/mol. The Labute approximate surface area is 207 Å². The molecule has 0 rings (SSSR count). The summed E-state index contributed by atoms with van der Waals surface area (Å²) in [6.07, 6.45) is 32.7. The van der Waals surface area contributed by atoms with E-state index in [2.05, 4.69) is 30.2 Å². The van der Waals surface area contributed by atoms with Crippen LogP contribution < -0.4 is 0 Å². The van der Waals surface area contributed by atoms with Gasteiger partial charge >= 0.3 is 10.4 Å². The molecule has 0 aliphatic carbocycles. The molecular formula is C28H56O4S. The largest absolute Gasteiger partial charge is 0.397 e. The van der Waals surface area contributed by atoms with E-state index in [1.54, 1.807) is 0 Å². The molecule has 0 amide bonds. The first-order chi connectivity index (χ1) is 16.0. The smallest absolute Gasteiger partial charge is 0.264 e. The van der Waals surface area contributed by atoms with Gasteiger partial charge in [-0.3, -0.25) is 4.55 Å². The molecule has 1 unspecified atom stereocenters. The summed E-state index contributed by atoms with van der Waals surface area (Å²) in [5.74, 6) is 0.0599. The zero-order valence-electron chi connectivity index (χ0n) is 22.1. The van der Waals surface area contributed by atoms with Gasteiger partial charge < -0.3 is 0 Å².